The number of unbranched alkanes of at least 4 members (excludes halogenated alkanes) is 1. The Hall–Kier alpha value is -3.56. The third-order valence-electron chi connectivity index (χ3n) is 5.90. The number of likely N-dealkylation sites (tertiary alicyclic amines) is 1. The highest BCUT2D eigenvalue weighted by molar-refractivity contribution is 5.94. The van der Waals surface area contributed by atoms with Crippen LogP contribution in [0.5, 0.6) is 6.01 Å². The summed E-state index contributed by atoms with van der Waals surface area (Å²) in [6.45, 7) is 3.77. The fourth-order valence-corrected chi connectivity index (χ4v) is 3.84. The van der Waals surface area contributed by atoms with E-state index in [4.69, 9.17) is 20.6 Å². The van der Waals surface area contributed by atoms with Crippen molar-refractivity contribution in [1.82, 2.24) is 14.9 Å². The monoisotopic (exact) mass is 485 g/mol. The second-order valence-electron chi connectivity index (χ2n) is 8.63. The van der Waals surface area contributed by atoms with E-state index in [-0.39, 0.29) is 41.9 Å². The van der Waals surface area contributed by atoms with Gasteiger partial charge in [0.05, 0.1) is 6.61 Å². The lowest BCUT2D eigenvalue weighted by Gasteiger charge is -2.31. The average Bonchev–Trinajstić information content (AvgIpc) is 2.85. The second-order valence-corrected chi connectivity index (χ2v) is 8.63. The van der Waals surface area contributed by atoms with Gasteiger partial charge < -0.3 is 20.1 Å². The summed E-state index contributed by atoms with van der Waals surface area (Å²) in [5.74, 6) is -0.989. The molecule has 2 aromatic rings. The molecule has 0 radical (unpaired) electrons. The normalized spacial score (nSPS) is 13.9. The standard InChI is InChI=1S/C25H32FN5O4/c1-2-3-7-22(32)31-10-8-17(9-11-31)15-35-25-29-13-19(14-30-25)20-6-4-5-18(24(20)26)16-34-23(33)12-21(27)28/h4-6,13-14,17H,2-3,7-12,15-16H2,1H3,(H3,27,28). The van der Waals surface area contributed by atoms with Crippen molar-refractivity contribution in [3.63, 3.8) is 0 Å². The quantitative estimate of drug-likeness (QED) is 0.283. The third-order valence-corrected chi connectivity index (χ3v) is 5.90. The van der Waals surface area contributed by atoms with Crippen LogP contribution in [-0.4, -0.2) is 52.3 Å². The van der Waals surface area contributed by atoms with Gasteiger partial charge in [-0.25, -0.2) is 14.4 Å². The average molecular weight is 486 g/mol. The zero-order valence-electron chi connectivity index (χ0n) is 20.0. The van der Waals surface area contributed by atoms with Crippen LogP contribution in [0.3, 0.4) is 0 Å². The molecule has 1 amide bonds. The van der Waals surface area contributed by atoms with E-state index in [0.29, 0.717) is 24.5 Å². The first kappa shape index (κ1) is 26.1. The first-order valence-electron chi connectivity index (χ1n) is 11.9. The van der Waals surface area contributed by atoms with Crippen LogP contribution in [0.15, 0.2) is 30.6 Å². The molecule has 188 valence electrons. The van der Waals surface area contributed by atoms with E-state index in [0.717, 1.165) is 38.8 Å². The van der Waals surface area contributed by atoms with Crippen molar-refractivity contribution in [3.05, 3.63) is 42.0 Å². The first-order chi connectivity index (χ1) is 16.9. The number of ether oxygens (including phenoxy) is 2. The Kier molecular flexibility index (Phi) is 9.51. The summed E-state index contributed by atoms with van der Waals surface area (Å²) in [6, 6.07) is 4.97. The maximum Gasteiger partial charge on any atom is 0.316 e. The molecule has 3 N–H and O–H groups in total. The number of carbonyl (C=O) groups excluding carboxylic acids is 2. The number of amides is 1. The van der Waals surface area contributed by atoms with Crippen molar-refractivity contribution in [3.8, 4) is 17.1 Å². The molecule has 0 spiro atoms. The van der Waals surface area contributed by atoms with E-state index in [1.807, 2.05) is 4.90 Å². The number of hydrogen-bond donors (Lipinski definition) is 2. The van der Waals surface area contributed by atoms with Crippen LogP contribution < -0.4 is 10.5 Å². The molecule has 1 aromatic carbocycles. The number of esters is 1. The summed E-state index contributed by atoms with van der Waals surface area (Å²) < 4.78 is 25.7. The van der Waals surface area contributed by atoms with E-state index in [1.54, 1.807) is 12.1 Å². The molecule has 2 heterocycles. The first-order valence-corrected chi connectivity index (χ1v) is 11.9. The van der Waals surface area contributed by atoms with Crippen molar-refractivity contribution in [1.29, 1.82) is 5.41 Å². The summed E-state index contributed by atoms with van der Waals surface area (Å²) >= 11 is 0. The molecule has 0 unspecified atom stereocenters. The zero-order valence-corrected chi connectivity index (χ0v) is 20.0. The van der Waals surface area contributed by atoms with Gasteiger partial charge in [-0.15, -0.1) is 0 Å². The highest BCUT2D eigenvalue weighted by Crippen LogP contribution is 2.25. The summed E-state index contributed by atoms with van der Waals surface area (Å²) in [4.78, 5) is 34.1. The van der Waals surface area contributed by atoms with Gasteiger partial charge in [0.15, 0.2) is 0 Å². The number of amidine groups is 1. The Morgan fingerprint density at radius 3 is 2.60 bits per heavy atom. The number of benzene rings is 1. The van der Waals surface area contributed by atoms with Crippen molar-refractivity contribution in [2.75, 3.05) is 19.7 Å². The minimum Gasteiger partial charge on any atom is -0.463 e. The Morgan fingerprint density at radius 1 is 1.23 bits per heavy atom. The maximum absolute atomic E-state index is 14.9. The van der Waals surface area contributed by atoms with Gasteiger partial charge in [0, 0.05) is 48.6 Å². The van der Waals surface area contributed by atoms with Crippen LogP contribution in [0.1, 0.15) is 51.0 Å². The number of aromatic nitrogens is 2. The SMILES string of the molecule is CCCCC(=O)N1CCC(COc2ncc(-c3cccc(COC(=O)CC(=N)N)c3F)cn2)CC1. The fourth-order valence-electron chi connectivity index (χ4n) is 3.84. The Labute approximate surface area is 204 Å². The Balaban J connectivity index is 1.51. The van der Waals surface area contributed by atoms with Crippen molar-refractivity contribution >= 4 is 17.7 Å². The lowest BCUT2D eigenvalue weighted by atomic mass is 9.97. The van der Waals surface area contributed by atoms with Crippen LogP contribution in [0.25, 0.3) is 11.1 Å². The van der Waals surface area contributed by atoms with Crippen LogP contribution in [0.4, 0.5) is 4.39 Å². The van der Waals surface area contributed by atoms with Crippen molar-refractivity contribution in [2.45, 2.75) is 52.1 Å². The Morgan fingerprint density at radius 2 is 1.94 bits per heavy atom. The van der Waals surface area contributed by atoms with Gasteiger partial charge in [0.2, 0.25) is 5.91 Å². The number of halogens is 1. The van der Waals surface area contributed by atoms with Gasteiger partial charge >= 0.3 is 12.0 Å². The zero-order chi connectivity index (χ0) is 25.2. The molecule has 9 nitrogen and oxygen atoms in total. The molecule has 0 aliphatic carbocycles. The van der Waals surface area contributed by atoms with E-state index in [2.05, 4.69) is 16.9 Å². The largest absolute Gasteiger partial charge is 0.463 e. The summed E-state index contributed by atoms with van der Waals surface area (Å²) in [5, 5.41) is 7.11. The second kappa shape index (κ2) is 12.8. The van der Waals surface area contributed by atoms with Gasteiger partial charge in [-0.3, -0.25) is 15.0 Å². The molecule has 3 rings (SSSR count). The van der Waals surface area contributed by atoms with Crippen LogP contribution in [-0.2, 0) is 20.9 Å². The van der Waals surface area contributed by atoms with Gasteiger partial charge in [-0.2, -0.15) is 0 Å². The molecule has 1 aromatic heterocycles. The molecular weight excluding hydrogens is 453 g/mol. The number of nitrogens with one attached hydrogen (secondary N) is 1. The lowest BCUT2D eigenvalue weighted by molar-refractivity contribution is -0.143. The minimum atomic E-state index is -0.694. The van der Waals surface area contributed by atoms with Gasteiger partial charge in [-0.05, 0) is 25.2 Å². The minimum absolute atomic E-state index is 0.194. The third kappa shape index (κ3) is 7.73. The molecule has 10 heteroatoms. The van der Waals surface area contributed by atoms with Crippen LogP contribution in [0.2, 0.25) is 0 Å². The van der Waals surface area contributed by atoms with Gasteiger partial charge in [0.1, 0.15) is 24.7 Å². The van der Waals surface area contributed by atoms with E-state index in [9.17, 15) is 14.0 Å². The van der Waals surface area contributed by atoms with Crippen LogP contribution >= 0.6 is 0 Å². The smallest absolute Gasteiger partial charge is 0.316 e. The predicted octanol–water partition coefficient (Wildman–Crippen LogP) is 3.46. The summed E-state index contributed by atoms with van der Waals surface area (Å²) in [7, 11) is 0. The van der Waals surface area contributed by atoms with Gasteiger partial charge in [-0.1, -0.05) is 31.5 Å². The van der Waals surface area contributed by atoms with E-state index < -0.39 is 11.8 Å². The van der Waals surface area contributed by atoms with E-state index in [1.165, 1.54) is 18.5 Å². The molecule has 0 atom stereocenters. The molecular formula is C25H32FN5O4. The summed E-state index contributed by atoms with van der Waals surface area (Å²) in [5.41, 5.74) is 6.10. The maximum atomic E-state index is 14.9. The van der Waals surface area contributed by atoms with Crippen molar-refractivity contribution in [2.24, 2.45) is 11.7 Å². The predicted molar refractivity (Wildman–Crippen MR) is 128 cm³/mol. The molecule has 0 saturated carbocycles. The number of carbonyl (C=O) groups is 2. The van der Waals surface area contributed by atoms with Gasteiger partial charge in [0.25, 0.3) is 0 Å². The molecule has 1 fully saturated rings. The molecule has 1 saturated heterocycles. The molecule has 1 aliphatic rings. The fraction of sp³-hybridized carbons (Fsp3) is 0.480. The highest BCUT2D eigenvalue weighted by atomic mass is 19.1. The topological polar surface area (TPSA) is 131 Å². The number of piperidine rings is 1. The lowest BCUT2D eigenvalue weighted by Crippen LogP contribution is -2.39. The van der Waals surface area contributed by atoms with Crippen LogP contribution in [0, 0.1) is 17.1 Å². The molecule has 35 heavy (non-hydrogen) atoms. The number of nitrogens with zero attached hydrogens (tertiary/aromatic N) is 3. The number of nitrogens with two attached hydrogens (primary N) is 1. The highest BCUT2D eigenvalue weighted by Gasteiger charge is 2.23. The van der Waals surface area contributed by atoms with E-state index >= 15 is 0 Å². The number of rotatable bonds is 11. The number of hydrogen-bond acceptors (Lipinski definition) is 7. The molecule has 0 bridgehead atoms. The Bertz CT molecular complexity index is 1020. The summed E-state index contributed by atoms with van der Waals surface area (Å²) in [6.07, 6.45) is 6.96. The molecule has 1 aliphatic heterocycles. The van der Waals surface area contributed by atoms with Crippen molar-refractivity contribution < 1.29 is 23.5 Å².